The van der Waals surface area contributed by atoms with E-state index in [1.807, 2.05) is 60.7 Å². The van der Waals surface area contributed by atoms with Crippen LogP contribution in [0.25, 0.3) is 0 Å². The fourth-order valence-corrected chi connectivity index (χ4v) is 3.68. The number of carbonyl (C=O) groups excluding carboxylic acids is 1. The first kappa shape index (κ1) is 20.8. The van der Waals surface area contributed by atoms with Gasteiger partial charge in [-0.2, -0.15) is 0 Å². The first-order chi connectivity index (χ1) is 15.2. The number of carbonyl (C=O) groups is 1. The van der Waals surface area contributed by atoms with Crippen LogP contribution >= 0.6 is 0 Å². The van der Waals surface area contributed by atoms with Gasteiger partial charge in [-0.3, -0.25) is 4.90 Å². The molecule has 0 bridgehead atoms. The summed E-state index contributed by atoms with van der Waals surface area (Å²) >= 11 is 0. The van der Waals surface area contributed by atoms with Crippen molar-refractivity contribution in [2.75, 3.05) is 20.2 Å². The van der Waals surface area contributed by atoms with Gasteiger partial charge < -0.3 is 19.5 Å². The SMILES string of the molecule is COc1ccccc1Oc1cccc(CN2CC[C@@H](NC(=O)Oc3ccccc3)C2)c1. The summed E-state index contributed by atoms with van der Waals surface area (Å²) in [6.45, 7) is 2.48. The van der Waals surface area contributed by atoms with Crippen LogP contribution in [0.1, 0.15) is 12.0 Å². The molecule has 1 amide bonds. The van der Waals surface area contributed by atoms with Gasteiger partial charge in [0.15, 0.2) is 11.5 Å². The fourth-order valence-electron chi connectivity index (χ4n) is 3.68. The van der Waals surface area contributed by atoms with Crippen LogP contribution in [0.3, 0.4) is 0 Å². The monoisotopic (exact) mass is 418 g/mol. The molecule has 160 valence electrons. The largest absolute Gasteiger partial charge is 0.493 e. The zero-order valence-corrected chi connectivity index (χ0v) is 17.5. The van der Waals surface area contributed by atoms with Gasteiger partial charge in [0.05, 0.1) is 7.11 Å². The molecule has 1 fully saturated rings. The molecule has 0 unspecified atom stereocenters. The predicted molar refractivity (Wildman–Crippen MR) is 119 cm³/mol. The second-order valence-electron chi connectivity index (χ2n) is 7.47. The van der Waals surface area contributed by atoms with Crippen molar-refractivity contribution in [3.05, 3.63) is 84.4 Å². The van der Waals surface area contributed by atoms with E-state index in [1.54, 1.807) is 19.2 Å². The molecule has 0 aliphatic carbocycles. The Morgan fingerprint density at radius 2 is 1.71 bits per heavy atom. The minimum Gasteiger partial charge on any atom is -0.493 e. The van der Waals surface area contributed by atoms with Crippen molar-refractivity contribution in [2.24, 2.45) is 0 Å². The Bertz CT molecular complexity index is 1010. The summed E-state index contributed by atoms with van der Waals surface area (Å²) < 4.78 is 16.7. The number of benzene rings is 3. The molecular weight excluding hydrogens is 392 g/mol. The molecule has 0 radical (unpaired) electrons. The summed E-state index contributed by atoms with van der Waals surface area (Å²) in [5.74, 6) is 2.69. The Labute approximate surface area is 182 Å². The Hall–Kier alpha value is -3.51. The van der Waals surface area contributed by atoms with Crippen molar-refractivity contribution >= 4 is 6.09 Å². The van der Waals surface area contributed by atoms with Gasteiger partial charge in [-0.05, 0) is 48.4 Å². The fraction of sp³-hybridized carbons (Fsp3) is 0.240. The van der Waals surface area contributed by atoms with E-state index in [-0.39, 0.29) is 6.04 Å². The molecule has 1 N–H and O–H groups in total. The zero-order valence-electron chi connectivity index (χ0n) is 17.5. The number of amides is 1. The maximum Gasteiger partial charge on any atom is 0.412 e. The minimum atomic E-state index is -0.412. The first-order valence-electron chi connectivity index (χ1n) is 10.3. The molecule has 0 saturated carbocycles. The second kappa shape index (κ2) is 10.00. The number of methoxy groups -OCH3 is 1. The van der Waals surface area contributed by atoms with Gasteiger partial charge in [0.2, 0.25) is 0 Å². The quantitative estimate of drug-likeness (QED) is 0.594. The molecule has 6 heteroatoms. The van der Waals surface area contributed by atoms with Crippen LogP contribution in [0.5, 0.6) is 23.0 Å². The van der Waals surface area contributed by atoms with Crippen molar-refractivity contribution in [3.63, 3.8) is 0 Å². The number of likely N-dealkylation sites (tertiary alicyclic amines) is 1. The van der Waals surface area contributed by atoms with Crippen molar-refractivity contribution in [1.29, 1.82) is 0 Å². The van der Waals surface area contributed by atoms with Gasteiger partial charge in [-0.15, -0.1) is 0 Å². The Morgan fingerprint density at radius 1 is 0.968 bits per heavy atom. The maximum atomic E-state index is 12.1. The van der Waals surface area contributed by atoms with Crippen molar-refractivity contribution in [2.45, 2.75) is 19.0 Å². The first-order valence-corrected chi connectivity index (χ1v) is 10.3. The molecule has 31 heavy (non-hydrogen) atoms. The van der Waals surface area contributed by atoms with Crippen LogP contribution in [0, 0.1) is 0 Å². The van der Waals surface area contributed by atoms with Gasteiger partial charge in [0.1, 0.15) is 11.5 Å². The average molecular weight is 418 g/mol. The Balaban J connectivity index is 1.30. The standard InChI is InChI=1S/C25H26N2O4/c1-29-23-12-5-6-13-24(23)30-22-11-7-8-19(16-22)17-27-15-14-20(18-27)26-25(28)31-21-9-3-2-4-10-21/h2-13,16,20H,14-15,17-18H2,1H3,(H,26,28)/t20-/m1/s1. The smallest absolute Gasteiger partial charge is 0.412 e. The summed E-state index contributed by atoms with van der Waals surface area (Å²) in [5, 5.41) is 2.96. The highest BCUT2D eigenvalue weighted by atomic mass is 16.6. The lowest BCUT2D eigenvalue weighted by molar-refractivity contribution is 0.195. The second-order valence-corrected chi connectivity index (χ2v) is 7.47. The third kappa shape index (κ3) is 5.77. The number of hydrogen-bond acceptors (Lipinski definition) is 5. The lowest BCUT2D eigenvalue weighted by atomic mass is 10.2. The molecule has 3 aromatic carbocycles. The Kier molecular flexibility index (Phi) is 6.69. The van der Waals surface area contributed by atoms with Crippen LogP contribution in [0.4, 0.5) is 4.79 Å². The molecular formula is C25H26N2O4. The van der Waals surface area contributed by atoms with Gasteiger partial charge in [-0.1, -0.05) is 42.5 Å². The van der Waals surface area contributed by atoms with Crippen molar-refractivity contribution in [3.8, 4) is 23.0 Å². The van der Waals surface area contributed by atoms with E-state index < -0.39 is 6.09 Å². The van der Waals surface area contributed by atoms with E-state index in [1.165, 1.54) is 0 Å². The normalized spacial score (nSPS) is 16.0. The van der Waals surface area contributed by atoms with Gasteiger partial charge in [-0.25, -0.2) is 4.79 Å². The highest BCUT2D eigenvalue weighted by Crippen LogP contribution is 2.31. The van der Waals surface area contributed by atoms with Crippen molar-refractivity contribution < 1.29 is 19.0 Å². The van der Waals surface area contributed by atoms with E-state index in [0.717, 1.165) is 37.4 Å². The van der Waals surface area contributed by atoms with E-state index >= 15 is 0 Å². The molecule has 3 aromatic rings. The molecule has 1 atom stereocenters. The highest BCUT2D eigenvalue weighted by Gasteiger charge is 2.24. The number of rotatable bonds is 7. The zero-order chi connectivity index (χ0) is 21.5. The molecule has 6 nitrogen and oxygen atoms in total. The number of nitrogens with zero attached hydrogens (tertiary/aromatic N) is 1. The van der Waals surface area contributed by atoms with Crippen LogP contribution in [-0.2, 0) is 6.54 Å². The molecule has 4 rings (SSSR count). The maximum absolute atomic E-state index is 12.1. The molecule has 0 spiro atoms. The van der Waals surface area contributed by atoms with Gasteiger partial charge in [0.25, 0.3) is 0 Å². The number of para-hydroxylation sites is 3. The predicted octanol–water partition coefficient (Wildman–Crippen LogP) is 4.85. The van der Waals surface area contributed by atoms with Crippen LogP contribution < -0.4 is 19.5 Å². The molecule has 1 heterocycles. The number of hydrogen-bond donors (Lipinski definition) is 1. The summed E-state index contributed by atoms with van der Waals surface area (Å²) in [5.41, 5.74) is 1.15. The summed E-state index contributed by atoms with van der Waals surface area (Å²) in [4.78, 5) is 14.4. The number of ether oxygens (including phenoxy) is 3. The van der Waals surface area contributed by atoms with E-state index in [4.69, 9.17) is 14.2 Å². The Morgan fingerprint density at radius 3 is 2.52 bits per heavy atom. The average Bonchev–Trinajstić information content (AvgIpc) is 3.21. The van der Waals surface area contributed by atoms with E-state index in [0.29, 0.717) is 17.2 Å². The summed E-state index contributed by atoms with van der Waals surface area (Å²) in [6, 6.07) is 24.8. The van der Waals surface area contributed by atoms with Gasteiger partial charge >= 0.3 is 6.09 Å². The summed E-state index contributed by atoms with van der Waals surface area (Å²) in [6.07, 6.45) is 0.478. The third-order valence-electron chi connectivity index (χ3n) is 5.15. The van der Waals surface area contributed by atoms with Gasteiger partial charge in [0, 0.05) is 25.7 Å². The molecule has 1 aliphatic heterocycles. The van der Waals surface area contributed by atoms with E-state index in [2.05, 4.69) is 16.3 Å². The molecule has 1 aliphatic rings. The topological polar surface area (TPSA) is 60.0 Å². The molecule has 0 aromatic heterocycles. The highest BCUT2D eigenvalue weighted by molar-refractivity contribution is 5.70. The van der Waals surface area contributed by atoms with Crippen LogP contribution in [0.2, 0.25) is 0 Å². The van der Waals surface area contributed by atoms with Crippen LogP contribution in [0.15, 0.2) is 78.9 Å². The lowest BCUT2D eigenvalue weighted by Gasteiger charge is -2.17. The minimum absolute atomic E-state index is 0.0734. The van der Waals surface area contributed by atoms with E-state index in [9.17, 15) is 4.79 Å². The van der Waals surface area contributed by atoms with Crippen LogP contribution in [-0.4, -0.2) is 37.2 Å². The third-order valence-corrected chi connectivity index (χ3v) is 5.15. The summed E-state index contributed by atoms with van der Waals surface area (Å²) in [7, 11) is 1.63. The molecule has 1 saturated heterocycles. The number of nitrogens with one attached hydrogen (secondary N) is 1. The van der Waals surface area contributed by atoms with Crippen molar-refractivity contribution in [1.82, 2.24) is 10.2 Å². The lowest BCUT2D eigenvalue weighted by Crippen LogP contribution is -2.38.